The summed E-state index contributed by atoms with van der Waals surface area (Å²) in [5.74, 6) is 1.40. The van der Waals surface area contributed by atoms with Crippen molar-refractivity contribution in [2.75, 3.05) is 6.61 Å². The molecule has 0 aromatic heterocycles. The third-order valence-corrected chi connectivity index (χ3v) is 4.80. The largest absolute Gasteiger partial charge is 0.457 e. The van der Waals surface area contributed by atoms with Gasteiger partial charge in [0, 0.05) is 0 Å². The molecule has 3 nitrogen and oxygen atoms in total. The van der Waals surface area contributed by atoms with Crippen LogP contribution >= 0.6 is 18.0 Å². The van der Waals surface area contributed by atoms with E-state index in [4.69, 9.17) is 20.5 Å². The Bertz CT molecular complexity index is 569. The molecule has 2 aromatic carbocycles. The number of halogens is 1. The molecule has 2 aromatic rings. The lowest BCUT2D eigenvalue weighted by molar-refractivity contribution is 0.352. The summed E-state index contributed by atoms with van der Waals surface area (Å²) in [5, 5.41) is 0.469. The fourth-order valence-corrected chi connectivity index (χ4v) is 3.17. The predicted molar refractivity (Wildman–Crippen MR) is 77.7 cm³/mol. The van der Waals surface area contributed by atoms with E-state index in [0.717, 1.165) is 5.75 Å². The number of ether oxygens (including phenoxy) is 1. The first-order chi connectivity index (χ1) is 9.12. The molecule has 19 heavy (non-hydrogen) atoms. The summed E-state index contributed by atoms with van der Waals surface area (Å²) >= 11 is 5.87. The lowest BCUT2D eigenvalue weighted by atomic mass is 10.3. The minimum absolute atomic E-state index is 0.309. The molecule has 0 fully saturated rings. The van der Waals surface area contributed by atoms with Crippen molar-refractivity contribution in [1.82, 2.24) is 0 Å². The van der Waals surface area contributed by atoms with Crippen LogP contribution in [0.2, 0.25) is 0 Å². The molecule has 0 amide bonds. The minimum Gasteiger partial charge on any atom is -0.457 e. The van der Waals surface area contributed by atoms with Crippen molar-refractivity contribution < 1.29 is 13.8 Å². The highest BCUT2D eigenvalue weighted by molar-refractivity contribution is 7.91. The van der Waals surface area contributed by atoms with E-state index in [1.54, 1.807) is 31.2 Å². The van der Waals surface area contributed by atoms with Gasteiger partial charge in [0.05, 0.1) is 11.9 Å². The van der Waals surface area contributed by atoms with Crippen molar-refractivity contribution in [2.45, 2.75) is 6.92 Å². The van der Waals surface area contributed by atoms with Crippen LogP contribution in [0.5, 0.6) is 11.5 Å². The van der Waals surface area contributed by atoms with Crippen LogP contribution in [-0.4, -0.2) is 6.61 Å². The van der Waals surface area contributed by atoms with E-state index >= 15 is 0 Å². The molecule has 0 unspecified atom stereocenters. The van der Waals surface area contributed by atoms with Gasteiger partial charge < -0.3 is 9.26 Å². The number of hydrogen-bond donors (Lipinski definition) is 0. The summed E-state index contributed by atoms with van der Waals surface area (Å²) in [4.78, 5) is 0. The predicted octanol–water partition coefficient (Wildman–Crippen LogP) is 4.57. The summed E-state index contributed by atoms with van der Waals surface area (Å²) < 4.78 is 22.7. The molecule has 1 atom stereocenters. The number of para-hydroxylation sites is 1. The Kier molecular flexibility index (Phi) is 4.65. The molecule has 0 aliphatic rings. The van der Waals surface area contributed by atoms with E-state index in [-0.39, 0.29) is 0 Å². The molecular formula is C14H14ClO3P. The van der Waals surface area contributed by atoms with E-state index in [1.165, 1.54) is 0 Å². The molecule has 2 rings (SSSR count). The van der Waals surface area contributed by atoms with Crippen LogP contribution in [0.15, 0.2) is 54.6 Å². The molecule has 100 valence electrons. The number of hydrogen-bond acceptors (Lipinski definition) is 3. The second kappa shape index (κ2) is 6.25. The highest BCUT2D eigenvalue weighted by Gasteiger charge is 2.21. The van der Waals surface area contributed by atoms with Crippen LogP contribution in [0.4, 0.5) is 0 Å². The van der Waals surface area contributed by atoms with Gasteiger partial charge in [0.2, 0.25) is 0 Å². The normalized spacial score (nSPS) is 13.8. The second-order valence-electron chi connectivity index (χ2n) is 3.81. The van der Waals surface area contributed by atoms with Gasteiger partial charge in [0.25, 0.3) is 0 Å². The highest BCUT2D eigenvalue weighted by atomic mass is 35.7. The van der Waals surface area contributed by atoms with Gasteiger partial charge in [-0.2, -0.15) is 0 Å². The molecule has 0 N–H and O–H groups in total. The number of benzene rings is 2. The van der Waals surface area contributed by atoms with Crippen molar-refractivity contribution in [3.8, 4) is 11.5 Å². The summed E-state index contributed by atoms with van der Waals surface area (Å²) in [7, 11) is 0. The third kappa shape index (κ3) is 3.84. The van der Waals surface area contributed by atoms with Crippen LogP contribution in [0.25, 0.3) is 0 Å². The van der Waals surface area contributed by atoms with E-state index in [2.05, 4.69) is 0 Å². The van der Waals surface area contributed by atoms with Gasteiger partial charge in [0.15, 0.2) is 0 Å². The number of rotatable bonds is 5. The Morgan fingerprint density at radius 2 is 1.58 bits per heavy atom. The van der Waals surface area contributed by atoms with Crippen molar-refractivity contribution in [2.24, 2.45) is 0 Å². The van der Waals surface area contributed by atoms with Crippen molar-refractivity contribution in [3.63, 3.8) is 0 Å². The zero-order valence-electron chi connectivity index (χ0n) is 10.5. The van der Waals surface area contributed by atoms with Crippen LogP contribution in [0.3, 0.4) is 0 Å². The standard InChI is InChI=1S/C14H14ClO3P/c1-2-17-19(15,16)14-10-8-13(9-11-14)18-12-6-4-3-5-7-12/h3-11H,2H2,1H3/t19-/m0/s1. The first-order valence-corrected chi connectivity index (χ1v) is 8.42. The molecule has 0 saturated heterocycles. The van der Waals surface area contributed by atoms with Crippen LogP contribution < -0.4 is 10.0 Å². The Hall–Kier alpha value is -1.28. The average Bonchev–Trinajstić information content (AvgIpc) is 2.40. The van der Waals surface area contributed by atoms with Gasteiger partial charge in [-0.3, -0.25) is 4.57 Å². The molecule has 0 radical (unpaired) electrons. The van der Waals surface area contributed by atoms with Gasteiger partial charge in [0.1, 0.15) is 11.5 Å². The molecule has 5 heteroatoms. The molecule has 0 bridgehead atoms. The van der Waals surface area contributed by atoms with E-state index in [9.17, 15) is 4.57 Å². The van der Waals surface area contributed by atoms with Crippen LogP contribution in [0.1, 0.15) is 6.92 Å². The Morgan fingerprint density at radius 1 is 1.00 bits per heavy atom. The molecular weight excluding hydrogens is 283 g/mol. The van der Waals surface area contributed by atoms with Gasteiger partial charge >= 0.3 is 6.72 Å². The summed E-state index contributed by atoms with van der Waals surface area (Å²) in [6.45, 7) is -1.17. The Morgan fingerprint density at radius 3 is 2.16 bits per heavy atom. The topological polar surface area (TPSA) is 35.5 Å². The van der Waals surface area contributed by atoms with Crippen LogP contribution in [0, 0.1) is 0 Å². The molecule has 0 spiro atoms. The zero-order valence-corrected chi connectivity index (χ0v) is 12.1. The third-order valence-electron chi connectivity index (χ3n) is 2.42. The fraction of sp³-hybridized carbons (Fsp3) is 0.143. The quantitative estimate of drug-likeness (QED) is 0.758. The summed E-state index contributed by atoms with van der Waals surface area (Å²) in [6, 6.07) is 16.2. The van der Waals surface area contributed by atoms with Gasteiger partial charge in [-0.1, -0.05) is 18.2 Å². The van der Waals surface area contributed by atoms with Gasteiger partial charge in [-0.05, 0) is 54.6 Å². The molecule has 0 aliphatic heterocycles. The van der Waals surface area contributed by atoms with E-state index in [1.807, 2.05) is 30.3 Å². The maximum Gasteiger partial charge on any atom is 0.319 e. The molecule has 0 aliphatic carbocycles. The van der Waals surface area contributed by atoms with Crippen molar-refractivity contribution in [3.05, 3.63) is 54.6 Å². The van der Waals surface area contributed by atoms with Crippen molar-refractivity contribution in [1.29, 1.82) is 0 Å². The SMILES string of the molecule is CCO[P@](=O)(Cl)c1ccc(Oc2ccccc2)cc1. The Balaban J connectivity index is 2.13. The first kappa shape index (κ1) is 14.1. The second-order valence-corrected chi connectivity index (χ2v) is 6.88. The maximum atomic E-state index is 12.0. The van der Waals surface area contributed by atoms with E-state index < -0.39 is 6.72 Å². The van der Waals surface area contributed by atoms with Gasteiger partial charge in [-0.15, -0.1) is 0 Å². The highest BCUT2D eigenvalue weighted by Crippen LogP contribution is 2.51. The fourth-order valence-electron chi connectivity index (χ4n) is 1.56. The monoisotopic (exact) mass is 296 g/mol. The summed E-state index contributed by atoms with van der Waals surface area (Å²) in [6.07, 6.45) is 0. The average molecular weight is 297 g/mol. The summed E-state index contributed by atoms with van der Waals surface area (Å²) in [5.41, 5.74) is 0. The lowest BCUT2D eigenvalue weighted by Crippen LogP contribution is -2.02. The molecule has 0 heterocycles. The van der Waals surface area contributed by atoms with Crippen LogP contribution in [-0.2, 0) is 9.09 Å². The lowest BCUT2D eigenvalue weighted by Gasteiger charge is -2.11. The smallest absolute Gasteiger partial charge is 0.319 e. The van der Waals surface area contributed by atoms with Gasteiger partial charge in [-0.25, -0.2) is 0 Å². The van der Waals surface area contributed by atoms with Crippen molar-refractivity contribution >= 4 is 23.3 Å². The zero-order chi connectivity index (χ0) is 13.7. The maximum absolute atomic E-state index is 12.0. The molecule has 0 saturated carbocycles. The van der Waals surface area contributed by atoms with E-state index in [0.29, 0.717) is 17.7 Å². The Labute approximate surface area is 117 Å². The first-order valence-electron chi connectivity index (χ1n) is 5.89. The minimum atomic E-state index is -3.23.